The number of hydrogen-bond acceptors (Lipinski definition) is 2. The molecule has 0 saturated heterocycles. The predicted molar refractivity (Wildman–Crippen MR) is 140 cm³/mol. The van der Waals surface area contributed by atoms with Crippen LogP contribution in [0.3, 0.4) is 0 Å². The molecule has 0 aromatic heterocycles. The van der Waals surface area contributed by atoms with Crippen molar-refractivity contribution >= 4 is 33.0 Å². The van der Waals surface area contributed by atoms with Crippen molar-refractivity contribution in [3.63, 3.8) is 0 Å². The number of nitrogens with zero attached hydrogens (tertiary/aromatic N) is 2. The molecule has 0 bridgehead atoms. The van der Waals surface area contributed by atoms with Crippen molar-refractivity contribution in [1.29, 1.82) is 0 Å². The lowest BCUT2D eigenvalue weighted by Crippen LogP contribution is -2.24. The summed E-state index contributed by atoms with van der Waals surface area (Å²) in [4.78, 5) is 0. The van der Waals surface area contributed by atoms with Gasteiger partial charge in [0.15, 0.2) is 0 Å². The van der Waals surface area contributed by atoms with Crippen LogP contribution in [0.15, 0.2) is 95.1 Å². The Balaban J connectivity index is 1.86. The van der Waals surface area contributed by atoms with Gasteiger partial charge < -0.3 is 0 Å². The summed E-state index contributed by atoms with van der Waals surface area (Å²) in [5.74, 6) is 0. The topological polar surface area (TPSA) is 24.7 Å². The summed E-state index contributed by atoms with van der Waals surface area (Å²) < 4.78 is 0. The summed E-state index contributed by atoms with van der Waals surface area (Å²) in [6.07, 6.45) is 0. The van der Waals surface area contributed by atoms with E-state index in [1.54, 1.807) is 0 Å². The Morgan fingerprint density at radius 1 is 0.469 bits per heavy atom. The molecule has 0 saturated carbocycles. The maximum absolute atomic E-state index is 4.90. The molecule has 0 atom stereocenters. The van der Waals surface area contributed by atoms with E-state index in [1.807, 2.05) is 0 Å². The summed E-state index contributed by atoms with van der Waals surface area (Å²) in [7, 11) is 0. The maximum Gasteiger partial charge on any atom is 0.0756 e. The van der Waals surface area contributed by atoms with Gasteiger partial charge in [-0.2, -0.15) is 10.2 Å². The molecule has 0 unspecified atom stereocenters. The van der Waals surface area contributed by atoms with E-state index in [1.165, 1.54) is 21.5 Å². The third kappa shape index (κ3) is 4.65. The van der Waals surface area contributed by atoms with E-state index < -0.39 is 0 Å². The highest BCUT2D eigenvalue weighted by Crippen LogP contribution is 2.28. The molecule has 0 N–H and O–H groups in total. The highest BCUT2D eigenvalue weighted by atomic mass is 15.2. The first-order valence-electron chi connectivity index (χ1n) is 11.3. The molecule has 0 aliphatic heterocycles. The minimum Gasteiger partial charge on any atom is -0.154 e. The van der Waals surface area contributed by atoms with E-state index in [2.05, 4.69) is 126 Å². The molecule has 0 aliphatic carbocycles. The molecule has 162 valence electrons. The van der Waals surface area contributed by atoms with Gasteiger partial charge in [-0.05, 0) is 44.8 Å². The zero-order valence-electron chi connectivity index (χ0n) is 20.0. The minimum atomic E-state index is -0.141. The fourth-order valence-electron chi connectivity index (χ4n) is 4.05. The molecule has 2 nitrogen and oxygen atoms in total. The van der Waals surface area contributed by atoms with Crippen LogP contribution >= 0.6 is 0 Å². The van der Waals surface area contributed by atoms with Crippen LogP contribution in [0, 0.1) is 10.8 Å². The third-order valence-corrected chi connectivity index (χ3v) is 5.72. The number of rotatable bonds is 3. The maximum atomic E-state index is 4.90. The van der Waals surface area contributed by atoms with Crippen molar-refractivity contribution in [1.82, 2.24) is 0 Å². The number of hydrogen-bond donors (Lipinski definition) is 0. The van der Waals surface area contributed by atoms with Crippen LogP contribution in [0.25, 0.3) is 21.5 Å². The lowest BCUT2D eigenvalue weighted by molar-refractivity contribution is 0.581. The van der Waals surface area contributed by atoms with Gasteiger partial charge in [-0.3, -0.25) is 0 Å². The molecule has 4 aromatic rings. The van der Waals surface area contributed by atoms with E-state index >= 15 is 0 Å². The van der Waals surface area contributed by atoms with Crippen LogP contribution in [0.4, 0.5) is 0 Å². The van der Waals surface area contributed by atoms with E-state index in [-0.39, 0.29) is 10.8 Å². The van der Waals surface area contributed by atoms with Gasteiger partial charge in [0.05, 0.1) is 11.4 Å². The Morgan fingerprint density at radius 2 is 0.812 bits per heavy atom. The Hall–Kier alpha value is -3.26. The standard InChI is InChI=1S/C30H32N2/c1-29(2,3)27(25-17-15-21-11-7-9-13-23(21)19-25)31-32-28(30(4,5)6)26-18-16-22-12-8-10-14-24(22)20-26/h7-20H,1-6H3/b31-27+,32-28+. The first kappa shape index (κ1) is 22.0. The Bertz CT molecular complexity index is 1220. The lowest BCUT2D eigenvalue weighted by Gasteiger charge is -2.24. The first-order chi connectivity index (χ1) is 15.1. The second-order valence-electron chi connectivity index (χ2n) is 10.5. The fraction of sp³-hybridized carbons (Fsp3) is 0.267. The van der Waals surface area contributed by atoms with Gasteiger partial charge in [-0.1, -0.05) is 114 Å². The van der Waals surface area contributed by atoms with E-state index in [4.69, 9.17) is 10.2 Å². The molecule has 4 rings (SSSR count). The molecule has 0 radical (unpaired) electrons. The highest BCUT2D eigenvalue weighted by molar-refractivity contribution is 6.09. The molecule has 0 heterocycles. The van der Waals surface area contributed by atoms with Gasteiger partial charge in [-0.25, -0.2) is 0 Å². The average Bonchev–Trinajstić information content (AvgIpc) is 2.74. The van der Waals surface area contributed by atoms with Crippen LogP contribution in [-0.2, 0) is 0 Å². The molecular formula is C30H32N2. The fourth-order valence-corrected chi connectivity index (χ4v) is 4.05. The average molecular weight is 421 g/mol. The van der Waals surface area contributed by atoms with Gasteiger partial charge in [0.1, 0.15) is 0 Å². The zero-order valence-corrected chi connectivity index (χ0v) is 20.0. The van der Waals surface area contributed by atoms with E-state index in [0.29, 0.717) is 0 Å². The lowest BCUT2D eigenvalue weighted by atomic mass is 9.84. The molecule has 0 aliphatic rings. The zero-order chi connectivity index (χ0) is 22.9. The quantitative estimate of drug-likeness (QED) is 0.235. The predicted octanol–water partition coefficient (Wildman–Crippen LogP) is 8.28. The normalized spacial score (nSPS) is 13.7. The Kier molecular flexibility index (Phi) is 5.73. The van der Waals surface area contributed by atoms with Gasteiger partial charge in [0, 0.05) is 10.8 Å². The molecule has 4 aromatic carbocycles. The molecule has 0 amide bonds. The van der Waals surface area contributed by atoms with Crippen LogP contribution in [0.5, 0.6) is 0 Å². The third-order valence-electron chi connectivity index (χ3n) is 5.72. The summed E-state index contributed by atoms with van der Waals surface area (Å²) in [6, 6.07) is 30.0. The van der Waals surface area contributed by atoms with Gasteiger partial charge in [0.2, 0.25) is 0 Å². The van der Waals surface area contributed by atoms with Crippen molar-refractivity contribution in [2.75, 3.05) is 0 Å². The number of benzene rings is 4. The molecule has 32 heavy (non-hydrogen) atoms. The van der Waals surface area contributed by atoms with Crippen molar-refractivity contribution in [3.05, 3.63) is 96.1 Å². The van der Waals surface area contributed by atoms with E-state index in [0.717, 1.165) is 22.6 Å². The van der Waals surface area contributed by atoms with Gasteiger partial charge in [-0.15, -0.1) is 0 Å². The highest BCUT2D eigenvalue weighted by Gasteiger charge is 2.24. The smallest absolute Gasteiger partial charge is 0.0756 e. The first-order valence-corrected chi connectivity index (χ1v) is 11.3. The summed E-state index contributed by atoms with van der Waals surface area (Å²) >= 11 is 0. The molecule has 2 heteroatoms. The summed E-state index contributed by atoms with van der Waals surface area (Å²) in [5.41, 5.74) is 3.94. The van der Waals surface area contributed by atoms with Crippen LogP contribution in [0.1, 0.15) is 52.7 Å². The van der Waals surface area contributed by atoms with Crippen molar-refractivity contribution in [3.8, 4) is 0 Å². The Morgan fingerprint density at radius 3 is 1.16 bits per heavy atom. The molecule has 0 spiro atoms. The second-order valence-corrected chi connectivity index (χ2v) is 10.5. The van der Waals surface area contributed by atoms with Crippen LogP contribution < -0.4 is 0 Å². The van der Waals surface area contributed by atoms with Gasteiger partial charge in [0.25, 0.3) is 0 Å². The van der Waals surface area contributed by atoms with Gasteiger partial charge >= 0.3 is 0 Å². The number of fused-ring (bicyclic) bond motifs is 2. The minimum absolute atomic E-state index is 0.141. The van der Waals surface area contributed by atoms with Crippen molar-refractivity contribution < 1.29 is 0 Å². The van der Waals surface area contributed by atoms with Crippen LogP contribution in [-0.4, -0.2) is 11.4 Å². The summed E-state index contributed by atoms with van der Waals surface area (Å²) in [5, 5.41) is 14.7. The summed E-state index contributed by atoms with van der Waals surface area (Å²) in [6.45, 7) is 13.2. The van der Waals surface area contributed by atoms with Crippen LogP contribution in [0.2, 0.25) is 0 Å². The van der Waals surface area contributed by atoms with E-state index in [9.17, 15) is 0 Å². The largest absolute Gasteiger partial charge is 0.154 e. The van der Waals surface area contributed by atoms with Crippen molar-refractivity contribution in [2.24, 2.45) is 21.0 Å². The molecule has 0 fully saturated rings. The van der Waals surface area contributed by atoms with Crippen molar-refractivity contribution in [2.45, 2.75) is 41.5 Å². The second kappa shape index (κ2) is 8.35. The SMILES string of the molecule is CC(C)(C)/C(=N/N=C(\c1ccc2ccccc2c1)C(C)(C)C)c1ccc2ccccc2c1. The monoisotopic (exact) mass is 420 g/mol. The molecular weight excluding hydrogens is 388 g/mol. The Labute approximate surface area is 191 Å².